The highest BCUT2D eigenvalue weighted by Gasteiger charge is 2.19. The summed E-state index contributed by atoms with van der Waals surface area (Å²) in [6.45, 7) is 7.14. The Labute approximate surface area is 132 Å². The van der Waals surface area contributed by atoms with Crippen LogP contribution in [0.15, 0.2) is 16.6 Å². The van der Waals surface area contributed by atoms with Crippen LogP contribution < -0.4 is 0 Å². The SMILES string of the molecule is CCc1ccc(C(O)Cc2c(Br)c(CC)nn2CC)s1. The van der Waals surface area contributed by atoms with Gasteiger partial charge in [0, 0.05) is 22.7 Å². The van der Waals surface area contributed by atoms with Gasteiger partial charge < -0.3 is 5.11 Å². The van der Waals surface area contributed by atoms with Crippen LogP contribution in [-0.2, 0) is 25.8 Å². The summed E-state index contributed by atoms with van der Waals surface area (Å²) in [5, 5.41) is 15.0. The van der Waals surface area contributed by atoms with Crippen LogP contribution in [0.5, 0.6) is 0 Å². The van der Waals surface area contributed by atoms with Crippen molar-refractivity contribution in [2.24, 2.45) is 0 Å². The van der Waals surface area contributed by atoms with Crippen molar-refractivity contribution in [2.75, 3.05) is 0 Å². The number of aromatic nitrogens is 2. The van der Waals surface area contributed by atoms with E-state index in [1.807, 2.05) is 10.7 Å². The van der Waals surface area contributed by atoms with Crippen molar-refractivity contribution in [3.8, 4) is 0 Å². The number of aliphatic hydroxyl groups is 1. The molecule has 110 valence electrons. The molecule has 0 aliphatic rings. The first-order valence-corrected chi connectivity index (χ1v) is 8.72. The highest BCUT2D eigenvalue weighted by Crippen LogP contribution is 2.30. The molecule has 5 heteroatoms. The van der Waals surface area contributed by atoms with Gasteiger partial charge in [-0.3, -0.25) is 4.68 Å². The molecule has 20 heavy (non-hydrogen) atoms. The maximum atomic E-state index is 10.5. The number of nitrogens with zero attached hydrogens (tertiary/aromatic N) is 2. The van der Waals surface area contributed by atoms with Gasteiger partial charge >= 0.3 is 0 Å². The van der Waals surface area contributed by atoms with Crippen molar-refractivity contribution in [2.45, 2.75) is 52.7 Å². The van der Waals surface area contributed by atoms with Crippen LogP contribution in [0, 0.1) is 0 Å². The summed E-state index contributed by atoms with van der Waals surface area (Å²) in [5.74, 6) is 0. The minimum atomic E-state index is -0.455. The van der Waals surface area contributed by atoms with E-state index in [1.165, 1.54) is 4.88 Å². The Hall–Kier alpha value is -0.650. The molecule has 0 spiro atoms. The Kier molecular flexibility index (Phi) is 5.41. The highest BCUT2D eigenvalue weighted by molar-refractivity contribution is 9.10. The van der Waals surface area contributed by atoms with E-state index in [0.29, 0.717) is 6.42 Å². The fourth-order valence-electron chi connectivity index (χ4n) is 2.26. The zero-order valence-electron chi connectivity index (χ0n) is 12.2. The molecule has 0 aromatic carbocycles. The summed E-state index contributed by atoms with van der Waals surface area (Å²) in [6, 6.07) is 4.14. The molecule has 1 N–H and O–H groups in total. The Morgan fingerprint density at radius 3 is 2.60 bits per heavy atom. The lowest BCUT2D eigenvalue weighted by Crippen LogP contribution is -2.08. The molecule has 0 aliphatic carbocycles. The van der Waals surface area contributed by atoms with Gasteiger partial charge in [-0.15, -0.1) is 11.3 Å². The van der Waals surface area contributed by atoms with Gasteiger partial charge in [-0.25, -0.2) is 0 Å². The lowest BCUT2D eigenvalue weighted by atomic mass is 10.1. The molecule has 2 aromatic rings. The monoisotopic (exact) mass is 356 g/mol. The molecule has 2 aromatic heterocycles. The normalized spacial score (nSPS) is 12.8. The van der Waals surface area contributed by atoms with Crippen LogP contribution in [0.1, 0.15) is 48.0 Å². The van der Waals surface area contributed by atoms with E-state index >= 15 is 0 Å². The van der Waals surface area contributed by atoms with Crippen molar-refractivity contribution in [3.63, 3.8) is 0 Å². The van der Waals surface area contributed by atoms with E-state index in [9.17, 15) is 5.11 Å². The molecule has 0 bridgehead atoms. The molecular weight excluding hydrogens is 336 g/mol. The van der Waals surface area contributed by atoms with Crippen LogP contribution >= 0.6 is 27.3 Å². The summed E-state index contributed by atoms with van der Waals surface area (Å²) in [7, 11) is 0. The zero-order chi connectivity index (χ0) is 14.7. The van der Waals surface area contributed by atoms with Crippen molar-refractivity contribution >= 4 is 27.3 Å². The molecule has 0 aliphatic heterocycles. The van der Waals surface area contributed by atoms with E-state index in [-0.39, 0.29) is 0 Å². The molecule has 0 saturated heterocycles. The number of hydrogen-bond acceptors (Lipinski definition) is 3. The van der Waals surface area contributed by atoms with Gasteiger partial charge in [0.15, 0.2) is 0 Å². The summed E-state index contributed by atoms with van der Waals surface area (Å²) >= 11 is 5.33. The molecule has 2 heterocycles. The van der Waals surface area contributed by atoms with Gasteiger partial charge in [0.1, 0.15) is 0 Å². The van der Waals surface area contributed by atoms with Crippen LogP contribution in [0.2, 0.25) is 0 Å². The summed E-state index contributed by atoms with van der Waals surface area (Å²) in [5.41, 5.74) is 2.15. The van der Waals surface area contributed by atoms with Gasteiger partial charge in [0.05, 0.1) is 22.0 Å². The number of aryl methyl sites for hydroxylation is 3. The van der Waals surface area contributed by atoms with Gasteiger partial charge in [-0.05, 0) is 47.8 Å². The maximum Gasteiger partial charge on any atom is 0.0937 e. The minimum Gasteiger partial charge on any atom is -0.387 e. The average Bonchev–Trinajstić information content (AvgIpc) is 3.05. The maximum absolute atomic E-state index is 10.5. The van der Waals surface area contributed by atoms with Crippen LogP contribution in [-0.4, -0.2) is 14.9 Å². The Morgan fingerprint density at radius 1 is 1.30 bits per heavy atom. The second-order valence-electron chi connectivity index (χ2n) is 4.75. The number of halogens is 1. The van der Waals surface area contributed by atoms with E-state index in [2.05, 4.69) is 47.9 Å². The van der Waals surface area contributed by atoms with Gasteiger partial charge in [0.2, 0.25) is 0 Å². The molecular formula is C15H21BrN2OS. The summed E-state index contributed by atoms with van der Waals surface area (Å²) in [4.78, 5) is 2.35. The number of hydrogen-bond donors (Lipinski definition) is 1. The lowest BCUT2D eigenvalue weighted by Gasteiger charge is -2.10. The molecule has 2 rings (SSSR count). The molecule has 1 unspecified atom stereocenters. The third kappa shape index (κ3) is 3.15. The van der Waals surface area contributed by atoms with Crippen LogP contribution in [0.25, 0.3) is 0 Å². The third-order valence-electron chi connectivity index (χ3n) is 3.44. The minimum absolute atomic E-state index is 0.455. The number of rotatable bonds is 6. The first-order valence-electron chi connectivity index (χ1n) is 7.11. The van der Waals surface area contributed by atoms with E-state index in [0.717, 1.165) is 40.1 Å². The summed E-state index contributed by atoms with van der Waals surface area (Å²) in [6.07, 6.45) is 2.07. The van der Waals surface area contributed by atoms with Crippen LogP contribution in [0.3, 0.4) is 0 Å². The average molecular weight is 357 g/mol. The van der Waals surface area contributed by atoms with Crippen molar-refractivity contribution < 1.29 is 5.11 Å². The molecule has 0 saturated carbocycles. The quantitative estimate of drug-likeness (QED) is 0.844. The topological polar surface area (TPSA) is 38.1 Å². The Bertz CT molecular complexity index is 576. The smallest absolute Gasteiger partial charge is 0.0937 e. The Morgan fingerprint density at radius 2 is 2.05 bits per heavy atom. The molecule has 0 radical (unpaired) electrons. The largest absolute Gasteiger partial charge is 0.387 e. The predicted molar refractivity (Wildman–Crippen MR) is 87.3 cm³/mol. The van der Waals surface area contributed by atoms with Gasteiger partial charge in [-0.2, -0.15) is 5.10 Å². The molecule has 0 fully saturated rings. The standard InChI is InChI=1S/C15H21BrN2OS/c1-4-10-7-8-14(20-10)13(19)9-12-15(16)11(5-2)17-18(12)6-3/h7-8,13,19H,4-6,9H2,1-3H3. The van der Waals surface area contributed by atoms with E-state index in [4.69, 9.17) is 0 Å². The molecule has 0 amide bonds. The third-order valence-corrected chi connectivity index (χ3v) is 5.69. The second-order valence-corrected chi connectivity index (χ2v) is 6.75. The zero-order valence-corrected chi connectivity index (χ0v) is 14.6. The Balaban J connectivity index is 2.22. The lowest BCUT2D eigenvalue weighted by molar-refractivity contribution is 0.179. The van der Waals surface area contributed by atoms with Crippen molar-refractivity contribution in [1.82, 2.24) is 9.78 Å². The van der Waals surface area contributed by atoms with Gasteiger partial charge in [0.25, 0.3) is 0 Å². The predicted octanol–water partition coefficient (Wildman–Crippen LogP) is 4.13. The van der Waals surface area contributed by atoms with Crippen molar-refractivity contribution in [3.05, 3.63) is 37.7 Å². The number of aliphatic hydroxyl groups excluding tert-OH is 1. The van der Waals surface area contributed by atoms with E-state index in [1.54, 1.807) is 11.3 Å². The van der Waals surface area contributed by atoms with Crippen molar-refractivity contribution in [1.29, 1.82) is 0 Å². The number of thiophene rings is 1. The first kappa shape index (κ1) is 15.7. The van der Waals surface area contributed by atoms with E-state index < -0.39 is 6.10 Å². The summed E-state index contributed by atoms with van der Waals surface area (Å²) < 4.78 is 3.04. The molecule has 3 nitrogen and oxygen atoms in total. The van der Waals surface area contributed by atoms with Crippen LogP contribution in [0.4, 0.5) is 0 Å². The first-order chi connectivity index (χ1) is 9.60. The highest BCUT2D eigenvalue weighted by atomic mass is 79.9. The fourth-order valence-corrected chi connectivity index (χ4v) is 3.92. The van der Waals surface area contributed by atoms with Gasteiger partial charge in [-0.1, -0.05) is 13.8 Å². The second kappa shape index (κ2) is 6.87. The fraction of sp³-hybridized carbons (Fsp3) is 0.533. The molecule has 1 atom stereocenters.